The van der Waals surface area contributed by atoms with Crippen LogP contribution in [0.15, 0.2) is 18.2 Å². The van der Waals surface area contributed by atoms with Crippen LogP contribution in [0.1, 0.15) is 17.3 Å². The van der Waals surface area contributed by atoms with Gasteiger partial charge in [-0.15, -0.1) is 0 Å². The van der Waals surface area contributed by atoms with Crippen LogP contribution in [0.5, 0.6) is 0 Å². The smallest absolute Gasteiger partial charge is 0.335 e. The molecule has 1 aliphatic rings. The summed E-state index contributed by atoms with van der Waals surface area (Å²) in [5.41, 5.74) is 7.54. The summed E-state index contributed by atoms with van der Waals surface area (Å²) < 4.78 is 0. The standard InChI is InChI=1S/C11H14N2O2/c1-7-5-13(6-7)10-3-2-8(11(14)15)4-9(10)12/h2-4,7H,5-6,12H2,1H3,(H,14,15). The molecule has 15 heavy (non-hydrogen) atoms. The van der Waals surface area contributed by atoms with Crippen LogP contribution in [0.2, 0.25) is 0 Å². The lowest BCUT2D eigenvalue weighted by molar-refractivity contribution is 0.0697. The number of carboxylic acids is 1. The zero-order chi connectivity index (χ0) is 11.0. The number of hydrogen-bond acceptors (Lipinski definition) is 3. The van der Waals surface area contributed by atoms with Gasteiger partial charge in [0.2, 0.25) is 0 Å². The zero-order valence-corrected chi connectivity index (χ0v) is 8.60. The van der Waals surface area contributed by atoms with Crippen molar-refractivity contribution >= 4 is 17.3 Å². The first-order chi connectivity index (χ1) is 7.08. The Kier molecular flexibility index (Phi) is 2.26. The Hall–Kier alpha value is -1.71. The molecule has 1 aliphatic heterocycles. The molecule has 1 aromatic rings. The highest BCUT2D eigenvalue weighted by atomic mass is 16.4. The summed E-state index contributed by atoms with van der Waals surface area (Å²) in [5, 5.41) is 8.78. The lowest BCUT2D eigenvalue weighted by Crippen LogP contribution is -2.45. The highest BCUT2D eigenvalue weighted by Crippen LogP contribution is 2.30. The van der Waals surface area contributed by atoms with E-state index in [0.717, 1.165) is 18.8 Å². The van der Waals surface area contributed by atoms with Crippen LogP contribution >= 0.6 is 0 Å². The van der Waals surface area contributed by atoms with Crippen molar-refractivity contribution in [2.45, 2.75) is 6.92 Å². The average molecular weight is 206 g/mol. The van der Waals surface area contributed by atoms with Gasteiger partial charge in [0.15, 0.2) is 0 Å². The molecule has 0 amide bonds. The van der Waals surface area contributed by atoms with Crippen LogP contribution < -0.4 is 10.6 Å². The van der Waals surface area contributed by atoms with Gasteiger partial charge in [0.1, 0.15) is 0 Å². The summed E-state index contributed by atoms with van der Waals surface area (Å²) >= 11 is 0. The fourth-order valence-corrected chi connectivity index (χ4v) is 1.87. The Morgan fingerprint density at radius 1 is 1.53 bits per heavy atom. The second kappa shape index (κ2) is 3.46. The summed E-state index contributed by atoms with van der Waals surface area (Å²) in [4.78, 5) is 12.9. The highest BCUT2D eigenvalue weighted by molar-refractivity contribution is 5.90. The summed E-state index contributed by atoms with van der Waals surface area (Å²) in [6.45, 7) is 4.17. The lowest BCUT2D eigenvalue weighted by Gasteiger charge is -2.39. The van der Waals surface area contributed by atoms with Gasteiger partial charge in [0.25, 0.3) is 0 Å². The van der Waals surface area contributed by atoms with E-state index >= 15 is 0 Å². The van der Waals surface area contributed by atoms with Crippen molar-refractivity contribution in [2.24, 2.45) is 5.92 Å². The molecule has 0 aromatic heterocycles. The zero-order valence-electron chi connectivity index (χ0n) is 8.60. The predicted octanol–water partition coefficient (Wildman–Crippen LogP) is 1.42. The number of rotatable bonds is 2. The molecule has 0 spiro atoms. The number of nitrogen functional groups attached to an aromatic ring is 1. The molecule has 0 saturated carbocycles. The maximum Gasteiger partial charge on any atom is 0.335 e. The first kappa shape index (κ1) is 9.83. The average Bonchev–Trinajstić information content (AvgIpc) is 2.13. The third-order valence-electron chi connectivity index (χ3n) is 2.68. The van der Waals surface area contributed by atoms with Gasteiger partial charge in [0, 0.05) is 13.1 Å². The third-order valence-corrected chi connectivity index (χ3v) is 2.68. The van der Waals surface area contributed by atoms with E-state index in [9.17, 15) is 4.79 Å². The number of carboxylic acid groups (broad SMARTS) is 1. The van der Waals surface area contributed by atoms with Crippen molar-refractivity contribution < 1.29 is 9.90 Å². The number of hydrogen-bond donors (Lipinski definition) is 2. The van der Waals surface area contributed by atoms with E-state index in [4.69, 9.17) is 10.8 Å². The Balaban J connectivity index is 2.23. The number of nitrogens with zero attached hydrogens (tertiary/aromatic N) is 1. The van der Waals surface area contributed by atoms with Gasteiger partial charge in [-0.1, -0.05) is 6.92 Å². The Morgan fingerprint density at radius 2 is 2.20 bits per heavy atom. The fraction of sp³-hybridized carbons (Fsp3) is 0.364. The number of benzene rings is 1. The van der Waals surface area contributed by atoms with Crippen LogP contribution in [0, 0.1) is 5.92 Å². The summed E-state index contributed by atoms with van der Waals surface area (Å²) in [5.74, 6) is -0.242. The Labute approximate surface area is 88.3 Å². The van der Waals surface area contributed by atoms with Crippen molar-refractivity contribution in [1.29, 1.82) is 0 Å². The molecular weight excluding hydrogens is 192 g/mol. The molecule has 4 nitrogen and oxygen atoms in total. The largest absolute Gasteiger partial charge is 0.478 e. The Morgan fingerprint density at radius 3 is 2.67 bits per heavy atom. The third kappa shape index (κ3) is 1.75. The van der Waals surface area contributed by atoms with E-state index in [0.29, 0.717) is 11.6 Å². The van der Waals surface area contributed by atoms with Gasteiger partial charge in [-0.3, -0.25) is 0 Å². The van der Waals surface area contributed by atoms with Crippen molar-refractivity contribution in [3.63, 3.8) is 0 Å². The molecule has 0 aliphatic carbocycles. The molecule has 1 aromatic carbocycles. The second-order valence-electron chi connectivity index (χ2n) is 4.09. The molecule has 4 heteroatoms. The molecule has 1 heterocycles. The SMILES string of the molecule is CC1CN(c2ccc(C(=O)O)cc2N)C1. The molecule has 1 fully saturated rings. The molecule has 3 N–H and O–H groups in total. The van der Waals surface area contributed by atoms with E-state index in [2.05, 4.69) is 11.8 Å². The first-order valence-electron chi connectivity index (χ1n) is 4.95. The molecule has 80 valence electrons. The van der Waals surface area contributed by atoms with Crippen LogP contribution in [0.25, 0.3) is 0 Å². The topological polar surface area (TPSA) is 66.6 Å². The summed E-state index contributed by atoms with van der Waals surface area (Å²) in [6.07, 6.45) is 0. The molecule has 0 bridgehead atoms. The van der Waals surface area contributed by atoms with Crippen LogP contribution in [-0.4, -0.2) is 24.2 Å². The Bertz CT molecular complexity index is 398. The van der Waals surface area contributed by atoms with Crippen molar-refractivity contribution in [2.75, 3.05) is 23.7 Å². The number of carbonyl (C=O) groups is 1. The monoisotopic (exact) mass is 206 g/mol. The molecule has 2 rings (SSSR count). The molecule has 0 unspecified atom stereocenters. The normalized spacial score (nSPS) is 16.2. The minimum Gasteiger partial charge on any atom is -0.478 e. The highest BCUT2D eigenvalue weighted by Gasteiger charge is 2.24. The van der Waals surface area contributed by atoms with E-state index < -0.39 is 5.97 Å². The second-order valence-corrected chi connectivity index (χ2v) is 4.09. The minimum absolute atomic E-state index is 0.241. The maximum atomic E-state index is 10.7. The lowest BCUT2D eigenvalue weighted by atomic mass is 10.0. The molecule has 1 saturated heterocycles. The molecular formula is C11H14N2O2. The van der Waals surface area contributed by atoms with Crippen LogP contribution in [0.3, 0.4) is 0 Å². The predicted molar refractivity (Wildman–Crippen MR) is 59.2 cm³/mol. The van der Waals surface area contributed by atoms with Crippen molar-refractivity contribution in [1.82, 2.24) is 0 Å². The van der Waals surface area contributed by atoms with Gasteiger partial charge in [-0.2, -0.15) is 0 Å². The van der Waals surface area contributed by atoms with Gasteiger partial charge >= 0.3 is 5.97 Å². The van der Waals surface area contributed by atoms with Gasteiger partial charge in [-0.25, -0.2) is 4.79 Å². The quantitative estimate of drug-likeness (QED) is 0.718. The first-order valence-corrected chi connectivity index (χ1v) is 4.95. The maximum absolute atomic E-state index is 10.7. The summed E-state index contributed by atoms with van der Waals surface area (Å²) in [6, 6.07) is 4.89. The number of nitrogens with two attached hydrogens (primary N) is 1. The van der Waals surface area contributed by atoms with E-state index in [1.54, 1.807) is 12.1 Å². The van der Waals surface area contributed by atoms with Crippen LogP contribution in [0.4, 0.5) is 11.4 Å². The van der Waals surface area contributed by atoms with Crippen molar-refractivity contribution in [3.05, 3.63) is 23.8 Å². The van der Waals surface area contributed by atoms with Crippen molar-refractivity contribution in [3.8, 4) is 0 Å². The van der Waals surface area contributed by atoms with Gasteiger partial charge in [0.05, 0.1) is 16.9 Å². The number of anilines is 2. The minimum atomic E-state index is -0.940. The molecule has 0 radical (unpaired) electrons. The number of aromatic carboxylic acids is 1. The van der Waals surface area contributed by atoms with Gasteiger partial charge < -0.3 is 15.7 Å². The van der Waals surface area contributed by atoms with Crippen LogP contribution in [-0.2, 0) is 0 Å². The molecule has 0 atom stereocenters. The van der Waals surface area contributed by atoms with E-state index in [1.165, 1.54) is 6.07 Å². The fourth-order valence-electron chi connectivity index (χ4n) is 1.87. The van der Waals surface area contributed by atoms with E-state index in [1.807, 2.05) is 0 Å². The summed E-state index contributed by atoms with van der Waals surface area (Å²) in [7, 11) is 0. The van der Waals surface area contributed by atoms with E-state index in [-0.39, 0.29) is 5.56 Å². The van der Waals surface area contributed by atoms with Gasteiger partial charge in [-0.05, 0) is 24.1 Å².